The quantitative estimate of drug-likeness (QED) is 0.403. The van der Waals surface area contributed by atoms with Gasteiger partial charge in [-0.25, -0.2) is 23.1 Å². The van der Waals surface area contributed by atoms with E-state index >= 15 is 0 Å². The lowest BCUT2D eigenvalue weighted by Crippen LogP contribution is -2.24. The molecular formula is C27H23F3N4O2. The van der Waals surface area contributed by atoms with Crippen molar-refractivity contribution in [3.8, 4) is 11.3 Å². The van der Waals surface area contributed by atoms with Gasteiger partial charge in [0.25, 0.3) is 5.56 Å². The van der Waals surface area contributed by atoms with E-state index in [2.05, 4.69) is 15.0 Å². The van der Waals surface area contributed by atoms with Crippen LogP contribution in [0.4, 0.5) is 13.2 Å². The zero-order valence-corrected chi connectivity index (χ0v) is 19.6. The molecule has 1 saturated heterocycles. The minimum absolute atomic E-state index is 0.0715. The number of nitrogens with zero attached hydrogens (tertiary/aromatic N) is 4. The van der Waals surface area contributed by atoms with Crippen molar-refractivity contribution < 1.29 is 17.9 Å². The number of pyridine rings is 1. The van der Waals surface area contributed by atoms with Gasteiger partial charge in [-0.1, -0.05) is 0 Å². The predicted octanol–water partition coefficient (Wildman–Crippen LogP) is 5.00. The molecule has 4 aromatic rings. The van der Waals surface area contributed by atoms with Crippen LogP contribution in [0.5, 0.6) is 0 Å². The van der Waals surface area contributed by atoms with Gasteiger partial charge in [0.15, 0.2) is 5.65 Å². The first-order valence-electron chi connectivity index (χ1n) is 12.0. The Hall–Kier alpha value is -3.59. The molecule has 1 aliphatic carbocycles. The van der Waals surface area contributed by atoms with Gasteiger partial charge < -0.3 is 4.74 Å². The van der Waals surface area contributed by atoms with Crippen LogP contribution in [0.15, 0.2) is 41.5 Å². The number of aromatic nitrogens is 4. The molecule has 1 aromatic carbocycles. The molecule has 2 atom stereocenters. The molecule has 36 heavy (non-hydrogen) atoms. The van der Waals surface area contributed by atoms with Gasteiger partial charge in [0.1, 0.15) is 23.1 Å². The number of hydrogen-bond donors (Lipinski definition) is 0. The Bertz CT molecular complexity index is 1550. The van der Waals surface area contributed by atoms with Crippen molar-refractivity contribution in [2.75, 3.05) is 6.61 Å². The molecule has 0 radical (unpaired) electrons. The number of halogens is 3. The molecule has 0 unspecified atom stereocenters. The van der Waals surface area contributed by atoms with Crippen LogP contribution in [0.1, 0.15) is 59.5 Å². The first-order valence-corrected chi connectivity index (χ1v) is 12.0. The predicted molar refractivity (Wildman–Crippen MR) is 126 cm³/mol. The summed E-state index contributed by atoms with van der Waals surface area (Å²) in [6, 6.07) is 5.10. The van der Waals surface area contributed by atoms with Crippen LogP contribution in [-0.4, -0.2) is 26.0 Å². The SMILES string of the molecule is Cc1cc([C@H]2C[C@H](c3cn4c(=O)c5c(nc4c(-c4c(F)cc(F)cc4F)n3)CCC5)CCO2)ccn1. The van der Waals surface area contributed by atoms with Crippen LogP contribution in [0.25, 0.3) is 16.9 Å². The largest absolute Gasteiger partial charge is 0.373 e. The number of fused-ring (bicyclic) bond motifs is 2. The summed E-state index contributed by atoms with van der Waals surface area (Å²) in [6.07, 6.45) is 6.37. The Balaban J connectivity index is 1.53. The second kappa shape index (κ2) is 8.81. The fourth-order valence-electron chi connectivity index (χ4n) is 5.33. The van der Waals surface area contributed by atoms with Gasteiger partial charge in [-0.15, -0.1) is 0 Å². The third-order valence-electron chi connectivity index (χ3n) is 7.09. The minimum atomic E-state index is -1.09. The maximum absolute atomic E-state index is 14.9. The van der Waals surface area contributed by atoms with Gasteiger partial charge in [0, 0.05) is 48.3 Å². The molecule has 0 amide bonds. The van der Waals surface area contributed by atoms with E-state index in [1.807, 2.05) is 19.1 Å². The van der Waals surface area contributed by atoms with Crippen molar-refractivity contribution >= 4 is 5.65 Å². The first-order chi connectivity index (χ1) is 17.4. The van der Waals surface area contributed by atoms with Crippen LogP contribution in [0, 0.1) is 24.4 Å². The lowest BCUT2D eigenvalue weighted by molar-refractivity contribution is 0.00451. The smallest absolute Gasteiger partial charge is 0.261 e. The number of rotatable bonds is 3. The van der Waals surface area contributed by atoms with E-state index in [4.69, 9.17) is 4.74 Å². The number of benzene rings is 1. The highest BCUT2D eigenvalue weighted by Crippen LogP contribution is 2.38. The van der Waals surface area contributed by atoms with Gasteiger partial charge in [-0.2, -0.15) is 0 Å². The summed E-state index contributed by atoms with van der Waals surface area (Å²) in [5.74, 6) is -3.34. The lowest BCUT2D eigenvalue weighted by atomic mass is 9.89. The van der Waals surface area contributed by atoms with Crippen LogP contribution in [0.2, 0.25) is 0 Å². The van der Waals surface area contributed by atoms with Gasteiger partial charge >= 0.3 is 0 Å². The summed E-state index contributed by atoms with van der Waals surface area (Å²) in [7, 11) is 0. The zero-order chi connectivity index (χ0) is 25.0. The molecule has 4 heterocycles. The van der Waals surface area contributed by atoms with E-state index in [0.717, 1.165) is 17.7 Å². The van der Waals surface area contributed by atoms with Crippen molar-refractivity contribution in [2.45, 2.75) is 51.0 Å². The van der Waals surface area contributed by atoms with Gasteiger partial charge in [0.2, 0.25) is 0 Å². The Morgan fingerprint density at radius 1 is 1.08 bits per heavy atom. The average molecular weight is 493 g/mol. The Morgan fingerprint density at radius 3 is 2.67 bits per heavy atom. The van der Waals surface area contributed by atoms with Gasteiger partial charge in [-0.05, 0) is 56.7 Å². The van der Waals surface area contributed by atoms with E-state index in [0.29, 0.717) is 61.4 Å². The fourth-order valence-corrected chi connectivity index (χ4v) is 5.33. The Morgan fingerprint density at radius 2 is 1.89 bits per heavy atom. The molecule has 0 spiro atoms. The molecule has 1 aliphatic heterocycles. The highest BCUT2D eigenvalue weighted by Gasteiger charge is 2.30. The van der Waals surface area contributed by atoms with E-state index in [9.17, 15) is 18.0 Å². The van der Waals surface area contributed by atoms with E-state index < -0.39 is 23.0 Å². The summed E-state index contributed by atoms with van der Waals surface area (Å²) >= 11 is 0. The van der Waals surface area contributed by atoms with Crippen molar-refractivity contribution in [3.63, 3.8) is 0 Å². The van der Waals surface area contributed by atoms with Crippen molar-refractivity contribution in [1.82, 2.24) is 19.4 Å². The average Bonchev–Trinajstić information content (AvgIpc) is 3.33. The van der Waals surface area contributed by atoms with Gasteiger partial charge in [-0.3, -0.25) is 14.2 Å². The maximum Gasteiger partial charge on any atom is 0.261 e. The van der Waals surface area contributed by atoms with Crippen LogP contribution in [0.3, 0.4) is 0 Å². The summed E-state index contributed by atoms with van der Waals surface area (Å²) in [5.41, 5.74) is 2.84. The van der Waals surface area contributed by atoms with Crippen molar-refractivity contribution in [1.29, 1.82) is 0 Å². The molecule has 184 valence electrons. The van der Waals surface area contributed by atoms with Crippen LogP contribution < -0.4 is 5.56 Å². The van der Waals surface area contributed by atoms with Crippen molar-refractivity contribution in [3.05, 3.63) is 92.7 Å². The third-order valence-corrected chi connectivity index (χ3v) is 7.09. The molecule has 6 rings (SSSR count). The Kier molecular flexibility index (Phi) is 5.59. The molecule has 2 aliphatic rings. The summed E-state index contributed by atoms with van der Waals surface area (Å²) in [6.45, 7) is 2.37. The summed E-state index contributed by atoms with van der Waals surface area (Å²) < 4.78 is 50.9. The maximum atomic E-state index is 14.9. The zero-order valence-electron chi connectivity index (χ0n) is 19.6. The van der Waals surface area contributed by atoms with Gasteiger partial charge in [0.05, 0.1) is 23.1 Å². The molecule has 6 nitrogen and oxygen atoms in total. The molecule has 0 N–H and O–H groups in total. The second-order valence-corrected chi connectivity index (χ2v) is 9.46. The Labute approximate surface area is 204 Å². The number of aryl methyl sites for hydroxylation is 2. The molecule has 9 heteroatoms. The fraction of sp³-hybridized carbons (Fsp3) is 0.333. The third kappa shape index (κ3) is 3.87. The standard InChI is InChI=1S/C27H23F3N4O2/c1-14-9-16(5-7-31-14)23-10-15(6-8-36-23)22-13-34-26(33-21-4-2-3-18(21)27(34)35)25(32-22)24-19(29)11-17(28)12-20(24)30/h5,7,9,11-13,15,23H,2-4,6,8,10H2,1H3/t15-,23-/m1/s1. The second-order valence-electron chi connectivity index (χ2n) is 9.46. The highest BCUT2D eigenvalue weighted by molar-refractivity contribution is 5.75. The normalized spacial score (nSPS) is 19.6. The molecule has 1 fully saturated rings. The minimum Gasteiger partial charge on any atom is -0.373 e. The monoisotopic (exact) mass is 492 g/mol. The van der Waals surface area contributed by atoms with E-state index in [-0.39, 0.29) is 28.9 Å². The van der Waals surface area contributed by atoms with Crippen molar-refractivity contribution in [2.24, 2.45) is 0 Å². The topological polar surface area (TPSA) is 69.4 Å². The number of hydrogen-bond acceptors (Lipinski definition) is 5. The highest BCUT2D eigenvalue weighted by atomic mass is 19.1. The van der Waals surface area contributed by atoms with E-state index in [1.165, 1.54) is 4.40 Å². The van der Waals surface area contributed by atoms with Crippen LogP contribution in [-0.2, 0) is 17.6 Å². The van der Waals surface area contributed by atoms with Crippen LogP contribution >= 0.6 is 0 Å². The summed E-state index contributed by atoms with van der Waals surface area (Å²) in [5, 5.41) is 0. The lowest BCUT2D eigenvalue weighted by Gasteiger charge is -2.30. The molecule has 3 aromatic heterocycles. The summed E-state index contributed by atoms with van der Waals surface area (Å²) in [4.78, 5) is 26.9. The molecular weight excluding hydrogens is 469 g/mol. The first kappa shape index (κ1) is 22.8. The number of ether oxygens (including phenoxy) is 1. The van der Waals surface area contributed by atoms with E-state index in [1.54, 1.807) is 12.4 Å². The molecule has 0 bridgehead atoms. The molecule has 0 saturated carbocycles.